The lowest BCUT2D eigenvalue weighted by atomic mass is 10.2. The van der Waals surface area contributed by atoms with Crippen molar-refractivity contribution in [1.29, 1.82) is 0 Å². The lowest BCUT2D eigenvalue weighted by Gasteiger charge is -2.10. The molecule has 0 bridgehead atoms. The molecule has 0 fully saturated rings. The van der Waals surface area contributed by atoms with Crippen LogP contribution in [0.2, 0.25) is 0 Å². The Morgan fingerprint density at radius 1 is 1.00 bits per heavy atom. The average molecular weight is 429 g/mol. The fourth-order valence-corrected chi connectivity index (χ4v) is 3.16. The van der Waals surface area contributed by atoms with Crippen molar-refractivity contribution in [3.8, 4) is 28.7 Å². The molecule has 4 rings (SSSR count). The van der Waals surface area contributed by atoms with E-state index in [1.54, 1.807) is 32.5 Å². The molecule has 0 atom stereocenters. The Labute approximate surface area is 186 Å². The fraction of sp³-hybridized carbons (Fsp3) is 0.160. The molecule has 7 heteroatoms. The van der Waals surface area contributed by atoms with Crippen LogP contribution < -0.4 is 9.47 Å². The quantitative estimate of drug-likeness (QED) is 0.378. The molecule has 0 aliphatic rings. The first-order chi connectivity index (χ1) is 15.7. The average Bonchev–Trinajstić information content (AvgIpc) is 3.30. The number of carbonyl (C=O) groups excluding carboxylic acids is 1. The third kappa shape index (κ3) is 4.78. The van der Waals surface area contributed by atoms with Crippen molar-refractivity contribution in [2.75, 3.05) is 13.7 Å². The van der Waals surface area contributed by atoms with Crippen molar-refractivity contribution in [3.63, 3.8) is 0 Å². The van der Waals surface area contributed by atoms with Gasteiger partial charge in [-0.2, -0.15) is 0 Å². The number of hydrogen-bond donors (Lipinski definition) is 0. The van der Waals surface area contributed by atoms with Gasteiger partial charge in [-0.25, -0.2) is 14.8 Å². The number of methoxy groups -OCH3 is 1. The number of hydrogen-bond acceptors (Lipinski definition) is 6. The standard InChI is InChI=1S/C25H23N3O4/c1-3-31-25(29)22-16-28(24(27-22)19-9-14-23(30-2)26-15-19)20-10-12-21(13-11-20)32-17-18-7-5-4-6-8-18/h4-16H,3,17H2,1-2H3. The molecule has 32 heavy (non-hydrogen) atoms. The number of benzene rings is 2. The van der Waals surface area contributed by atoms with Crippen molar-refractivity contribution in [1.82, 2.24) is 14.5 Å². The first-order valence-electron chi connectivity index (χ1n) is 10.2. The number of carbonyl (C=O) groups is 1. The van der Waals surface area contributed by atoms with Gasteiger partial charge in [0.2, 0.25) is 5.88 Å². The third-order valence-corrected chi connectivity index (χ3v) is 4.76. The van der Waals surface area contributed by atoms with E-state index in [9.17, 15) is 4.79 Å². The summed E-state index contributed by atoms with van der Waals surface area (Å²) in [6.45, 7) is 2.52. The molecular formula is C25H23N3O4. The molecule has 0 spiro atoms. The van der Waals surface area contributed by atoms with Crippen LogP contribution in [-0.4, -0.2) is 34.2 Å². The van der Waals surface area contributed by atoms with Crippen LogP contribution in [0.4, 0.5) is 0 Å². The Balaban J connectivity index is 1.62. The summed E-state index contributed by atoms with van der Waals surface area (Å²) in [5, 5.41) is 0. The highest BCUT2D eigenvalue weighted by atomic mass is 16.5. The third-order valence-electron chi connectivity index (χ3n) is 4.76. The second-order valence-electron chi connectivity index (χ2n) is 6.90. The zero-order chi connectivity index (χ0) is 22.3. The maximum atomic E-state index is 12.3. The number of imidazole rings is 1. The van der Waals surface area contributed by atoms with Gasteiger partial charge in [-0.1, -0.05) is 30.3 Å². The van der Waals surface area contributed by atoms with Crippen LogP contribution in [0.5, 0.6) is 11.6 Å². The topological polar surface area (TPSA) is 75.5 Å². The molecule has 2 heterocycles. The molecular weight excluding hydrogens is 406 g/mol. The van der Waals surface area contributed by atoms with Gasteiger partial charge in [0.05, 0.1) is 13.7 Å². The lowest BCUT2D eigenvalue weighted by molar-refractivity contribution is 0.0520. The van der Waals surface area contributed by atoms with E-state index in [4.69, 9.17) is 14.2 Å². The normalized spacial score (nSPS) is 10.6. The smallest absolute Gasteiger partial charge is 0.358 e. The van der Waals surface area contributed by atoms with Gasteiger partial charge in [0.25, 0.3) is 0 Å². The molecule has 0 saturated carbocycles. The number of nitrogens with zero attached hydrogens (tertiary/aromatic N) is 3. The minimum absolute atomic E-state index is 0.224. The minimum Gasteiger partial charge on any atom is -0.489 e. The van der Waals surface area contributed by atoms with Crippen molar-refractivity contribution in [3.05, 3.63) is 90.4 Å². The Hall–Kier alpha value is -4.13. The van der Waals surface area contributed by atoms with Gasteiger partial charge in [0.1, 0.15) is 18.2 Å². The van der Waals surface area contributed by atoms with E-state index < -0.39 is 5.97 Å². The zero-order valence-electron chi connectivity index (χ0n) is 17.9. The van der Waals surface area contributed by atoms with E-state index >= 15 is 0 Å². The molecule has 0 amide bonds. The summed E-state index contributed by atoms with van der Waals surface area (Å²) in [4.78, 5) is 21.1. The van der Waals surface area contributed by atoms with E-state index in [2.05, 4.69) is 9.97 Å². The molecule has 0 radical (unpaired) electrons. The van der Waals surface area contributed by atoms with Crippen LogP contribution in [0.15, 0.2) is 79.1 Å². The summed E-state index contributed by atoms with van der Waals surface area (Å²) < 4.78 is 18.0. The highest BCUT2D eigenvalue weighted by Crippen LogP contribution is 2.26. The van der Waals surface area contributed by atoms with Gasteiger partial charge in [0.15, 0.2) is 5.69 Å². The Kier molecular flexibility index (Phi) is 6.46. The molecule has 0 unspecified atom stereocenters. The zero-order valence-corrected chi connectivity index (χ0v) is 17.9. The predicted octanol–water partition coefficient (Wildman–Crippen LogP) is 4.70. The van der Waals surface area contributed by atoms with Crippen molar-refractivity contribution in [2.45, 2.75) is 13.5 Å². The molecule has 0 saturated heterocycles. The van der Waals surface area contributed by atoms with E-state index in [0.717, 1.165) is 22.6 Å². The largest absolute Gasteiger partial charge is 0.489 e. The lowest BCUT2D eigenvalue weighted by Crippen LogP contribution is -2.04. The predicted molar refractivity (Wildman–Crippen MR) is 120 cm³/mol. The van der Waals surface area contributed by atoms with Crippen LogP contribution in [0.3, 0.4) is 0 Å². The maximum Gasteiger partial charge on any atom is 0.358 e. The van der Waals surface area contributed by atoms with E-state index in [1.165, 1.54) is 0 Å². The fourth-order valence-electron chi connectivity index (χ4n) is 3.16. The van der Waals surface area contributed by atoms with Crippen LogP contribution in [0.1, 0.15) is 23.0 Å². The molecule has 7 nitrogen and oxygen atoms in total. The van der Waals surface area contributed by atoms with Gasteiger partial charge in [-0.15, -0.1) is 0 Å². The van der Waals surface area contributed by atoms with Crippen molar-refractivity contribution in [2.24, 2.45) is 0 Å². The summed E-state index contributed by atoms with van der Waals surface area (Å²) in [6.07, 6.45) is 3.32. The number of ether oxygens (including phenoxy) is 3. The van der Waals surface area contributed by atoms with Crippen molar-refractivity contribution < 1.29 is 19.0 Å². The van der Waals surface area contributed by atoms with Gasteiger partial charge < -0.3 is 14.2 Å². The molecule has 0 aliphatic heterocycles. The summed E-state index contributed by atoms with van der Waals surface area (Å²) in [5.41, 5.74) is 2.89. The molecule has 0 aliphatic carbocycles. The van der Waals surface area contributed by atoms with Crippen LogP contribution >= 0.6 is 0 Å². The summed E-state index contributed by atoms with van der Waals surface area (Å²) >= 11 is 0. The van der Waals surface area contributed by atoms with E-state index in [-0.39, 0.29) is 12.3 Å². The van der Waals surface area contributed by atoms with Crippen LogP contribution in [0.25, 0.3) is 17.1 Å². The molecule has 2 aromatic heterocycles. The Bertz CT molecular complexity index is 1170. The number of pyridine rings is 1. The summed E-state index contributed by atoms with van der Waals surface area (Å²) in [6, 6.07) is 21.2. The van der Waals surface area contributed by atoms with E-state index in [0.29, 0.717) is 18.3 Å². The molecule has 4 aromatic rings. The number of esters is 1. The first kappa shape index (κ1) is 21.1. The second kappa shape index (κ2) is 9.78. The van der Waals surface area contributed by atoms with Crippen molar-refractivity contribution >= 4 is 5.97 Å². The van der Waals surface area contributed by atoms with Gasteiger partial charge in [-0.05, 0) is 42.8 Å². The SMILES string of the molecule is CCOC(=O)c1cn(-c2ccc(OCc3ccccc3)cc2)c(-c2ccc(OC)nc2)n1. The van der Waals surface area contributed by atoms with Gasteiger partial charge in [-0.3, -0.25) is 4.57 Å². The Morgan fingerprint density at radius 2 is 1.78 bits per heavy atom. The maximum absolute atomic E-state index is 12.3. The van der Waals surface area contributed by atoms with Gasteiger partial charge in [0, 0.05) is 29.7 Å². The van der Waals surface area contributed by atoms with Crippen LogP contribution in [0, 0.1) is 0 Å². The van der Waals surface area contributed by atoms with E-state index in [1.807, 2.05) is 65.2 Å². The molecule has 0 N–H and O–H groups in total. The molecule has 162 valence electrons. The minimum atomic E-state index is -0.475. The number of rotatable bonds is 8. The first-order valence-corrected chi connectivity index (χ1v) is 10.2. The second-order valence-corrected chi connectivity index (χ2v) is 6.90. The summed E-state index contributed by atoms with van der Waals surface area (Å²) in [7, 11) is 1.56. The molecule has 2 aromatic carbocycles. The Morgan fingerprint density at radius 3 is 2.44 bits per heavy atom. The van der Waals surface area contributed by atoms with Gasteiger partial charge >= 0.3 is 5.97 Å². The van der Waals surface area contributed by atoms with Crippen LogP contribution in [-0.2, 0) is 11.3 Å². The highest BCUT2D eigenvalue weighted by molar-refractivity contribution is 5.88. The number of aromatic nitrogens is 3. The summed E-state index contributed by atoms with van der Waals surface area (Å²) in [5.74, 6) is 1.34. The monoisotopic (exact) mass is 429 g/mol. The highest BCUT2D eigenvalue weighted by Gasteiger charge is 2.18.